The summed E-state index contributed by atoms with van der Waals surface area (Å²) in [5.74, 6) is -4.46. The van der Waals surface area contributed by atoms with Crippen LogP contribution in [0.5, 0.6) is 0 Å². The summed E-state index contributed by atoms with van der Waals surface area (Å²) in [4.78, 5) is 52.2. The zero-order chi connectivity index (χ0) is 25.0. The van der Waals surface area contributed by atoms with Gasteiger partial charge in [0.1, 0.15) is 5.92 Å². The van der Waals surface area contributed by atoms with E-state index in [2.05, 4.69) is 0 Å². The van der Waals surface area contributed by atoms with E-state index in [1.54, 1.807) is 0 Å². The molecular formula is C24H27ClF3NO5. The quantitative estimate of drug-likeness (QED) is 0.297. The molecule has 0 spiro atoms. The molecule has 34 heavy (non-hydrogen) atoms. The number of alkyl halides is 3. The van der Waals surface area contributed by atoms with Crippen molar-refractivity contribution < 1.29 is 37.1 Å². The fourth-order valence-electron chi connectivity index (χ4n) is 4.57. The summed E-state index contributed by atoms with van der Waals surface area (Å²) in [6, 6.07) is 1.58. The van der Waals surface area contributed by atoms with Gasteiger partial charge in [-0.3, -0.25) is 19.2 Å². The standard InChI is InChI=1S/C24H27ClF3NO5/c1-2-34-11-9-14-12-17(30)20(18(31)13-14)23(33)15-7-8-16(24(26,27)28)22(21(15)25)29-10-5-3-4-6-19(29)32/h7-8,14,20H,2-6,9-13H2,1H3. The lowest BCUT2D eigenvalue weighted by Crippen LogP contribution is -2.39. The van der Waals surface area contributed by atoms with Gasteiger partial charge in [0.15, 0.2) is 17.3 Å². The van der Waals surface area contributed by atoms with Crippen molar-refractivity contribution in [2.75, 3.05) is 24.7 Å². The SMILES string of the molecule is CCOCCC1CC(=O)C(C(=O)c2ccc(C(F)(F)F)c(N3CCCCCC3=O)c2Cl)C(=O)C1. The van der Waals surface area contributed by atoms with Gasteiger partial charge in [0, 0.05) is 44.6 Å². The molecule has 2 fully saturated rings. The Hall–Kier alpha value is -2.26. The lowest BCUT2D eigenvalue weighted by Gasteiger charge is -2.28. The van der Waals surface area contributed by atoms with Gasteiger partial charge >= 0.3 is 6.18 Å². The van der Waals surface area contributed by atoms with Crippen LogP contribution in [0.1, 0.15) is 67.8 Å². The van der Waals surface area contributed by atoms with Crippen LogP contribution in [0.4, 0.5) is 18.9 Å². The second-order valence-corrected chi connectivity index (χ2v) is 9.04. The van der Waals surface area contributed by atoms with Crippen LogP contribution in [-0.2, 0) is 25.3 Å². The molecule has 1 amide bonds. The minimum Gasteiger partial charge on any atom is -0.382 e. The van der Waals surface area contributed by atoms with Crippen LogP contribution in [0.25, 0.3) is 0 Å². The first-order chi connectivity index (χ1) is 16.1. The highest BCUT2D eigenvalue weighted by Gasteiger charge is 2.43. The molecule has 0 unspecified atom stereocenters. The van der Waals surface area contributed by atoms with Crippen molar-refractivity contribution in [1.82, 2.24) is 0 Å². The number of ether oxygens (including phenoxy) is 1. The fraction of sp³-hybridized carbons (Fsp3) is 0.583. The third-order valence-electron chi connectivity index (χ3n) is 6.29. The Bertz CT molecular complexity index is 960. The molecule has 1 heterocycles. The van der Waals surface area contributed by atoms with E-state index >= 15 is 0 Å². The molecule has 186 valence electrons. The van der Waals surface area contributed by atoms with Crippen molar-refractivity contribution in [2.45, 2.75) is 58.0 Å². The molecule has 1 aliphatic heterocycles. The number of anilines is 1. The summed E-state index contributed by atoms with van der Waals surface area (Å²) in [5, 5.41) is -0.561. The molecule has 0 aromatic heterocycles. The van der Waals surface area contributed by atoms with Gasteiger partial charge in [0.2, 0.25) is 5.91 Å². The summed E-state index contributed by atoms with van der Waals surface area (Å²) in [7, 11) is 0. The number of halogens is 4. The Morgan fingerprint density at radius 2 is 1.79 bits per heavy atom. The lowest BCUT2D eigenvalue weighted by atomic mass is 9.75. The molecule has 1 saturated heterocycles. The molecule has 0 N–H and O–H groups in total. The number of nitrogens with zero attached hydrogens (tertiary/aromatic N) is 1. The zero-order valence-electron chi connectivity index (χ0n) is 18.9. The highest BCUT2D eigenvalue weighted by Crippen LogP contribution is 2.44. The largest absolute Gasteiger partial charge is 0.418 e. The number of benzene rings is 1. The summed E-state index contributed by atoms with van der Waals surface area (Å²) in [6.07, 6.45) is -2.55. The number of ketones is 3. The molecule has 1 aliphatic carbocycles. The third-order valence-corrected chi connectivity index (χ3v) is 6.67. The molecule has 1 saturated carbocycles. The lowest BCUT2D eigenvalue weighted by molar-refractivity contribution is -0.138. The van der Waals surface area contributed by atoms with E-state index in [0.29, 0.717) is 45.0 Å². The van der Waals surface area contributed by atoms with Gasteiger partial charge in [0.05, 0.1) is 16.3 Å². The summed E-state index contributed by atoms with van der Waals surface area (Å²) < 4.78 is 46.6. The molecule has 10 heteroatoms. The molecule has 6 nitrogen and oxygen atoms in total. The minimum absolute atomic E-state index is 0.00490. The van der Waals surface area contributed by atoms with Gasteiger partial charge in [-0.25, -0.2) is 0 Å². The molecule has 3 rings (SSSR count). The number of carbonyl (C=O) groups is 4. The van der Waals surface area contributed by atoms with Crippen molar-refractivity contribution >= 4 is 40.5 Å². The Morgan fingerprint density at radius 1 is 1.12 bits per heavy atom. The van der Waals surface area contributed by atoms with E-state index < -0.39 is 51.6 Å². The van der Waals surface area contributed by atoms with Gasteiger partial charge in [0.25, 0.3) is 0 Å². The van der Waals surface area contributed by atoms with E-state index in [1.807, 2.05) is 6.92 Å². The summed E-state index contributed by atoms with van der Waals surface area (Å²) in [6.45, 7) is 2.75. The van der Waals surface area contributed by atoms with Crippen LogP contribution in [0.2, 0.25) is 5.02 Å². The van der Waals surface area contributed by atoms with E-state index in [9.17, 15) is 32.3 Å². The van der Waals surface area contributed by atoms with Gasteiger partial charge in [-0.05, 0) is 44.2 Å². The zero-order valence-corrected chi connectivity index (χ0v) is 19.6. The van der Waals surface area contributed by atoms with Crippen molar-refractivity contribution in [1.29, 1.82) is 0 Å². The van der Waals surface area contributed by atoms with Crippen molar-refractivity contribution in [3.63, 3.8) is 0 Å². The van der Waals surface area contributed by atoms with Crippen LogP contribution >= 0.6 is 11.6 Å². The van der Waals surface area contributed by atoms with Crippen molar-refractivity contribution in [3.8, 4) is 0 Å². The van der Waals surface area contributed by atoms with Crippen LogP contribution in [0, 0.1) is 11.8 Å². The first-order valence-corrected chi connectivity index (χ1v) is 11.8. The van der Waals surface area contributed by atoms with Gasteiger partial charge in [-0.1, -0.05) is 18.0 Å². The summed E-state index contributed by atoms with van der Waals surface area (Å²) in [5.41, 5.74) is -2.08. The predicted octanol–water partition coefficient (Wildman–Crippen LogP) is 5.04. The Balaban J connectivity index is 1.95. The van der Waals surface area contributed by atoms with Gasteiger partial charge in [-0.15, -0.1) is 0 Å². The third kappa shape index (κ3) is 5.68. The van der Waals surface area contributed by atoms with E-state index in [1.165, 1.54) is 0 Å². The van der Waals surface area contributed by atoms with Crippen LogP contribution in [-0.4, -0.2) is 43.0 Å². The highest BCUT2D eigenvalue weighted by atomic mass is 35.5. The number of rotatable bonds is 7. The van der Waals surface area contributed by atoms with Crippen LogP contribution < -0.4 is 4.90 Å². The maximum Gasteiger partial charge on any atom is 0.418 e. The molecule has 1 aromatic rings. The average Bonchev–Trinajstić information content (AvgIpc) is 2.96. The molecule has 1 aromatic carbocycles. The van der Waals surface area contributed by atoms with Crippen LogP contribution in [0.15, 0.2) is 12.1 Å². The molecular weight excluding hydrogens is 475 g/mol. The number of hydrogen-bond acceptors (Lipinski definition) is 5. The van der Waals surface area contributed by atoms with Crippen LogP contribution in [0.3, 0.4) is 0 Å². The first-order valence-electron chi connectivity index (χ1n) is 11.4. The van der Waals surface area contributed by atoms with Gasteiger partial charge < -0.3 is 9.64 Å². The predicted molar refractivity (Wildman–Crippen MR) is 119 cm³/mol. The van der Waals surface area contributed by atoms with E-state index in [0.717, 1.165) is 11.0 Å². The van der Waals surface area contributed by atoms with E-state index in [-0.39, 0.29) is 37.3 Å². The molecule has 0 radical (unpaired) electrons. The Labute approximate surface area is 200 Å². The fourth-order valence-corrected chi connectivity index (χ4v) is 4.93. The maximum absolute atomic E-state index is 13.8. The van der Waals surface area contributed by atoms with E-state index in [4.69, 9.17) is 16.3 Å². The number of Topliss-reactive ketones (excluding diaryl/α,β-unsaturated/α-hetero) is 3. The molecule has 0 bridgehead atoms. The number of amides is 1. The molecule has 0 atom stereocenters. The van der Waals surface area contributed by atoms with Crippen molar-refractivity contribution in [3.05, 3.63) is 28.3 Å². The smallest absolute Gasteiger partial charge is 0.382 e. The molecule has 2 aliphatic rings. The second-order valence-electron chi connectivity index (χ2n) is 8.67. The second kappa shape index (κ2) is 11.0. The Morgan fingerprint density at radius 3 is 2.41 bits per heavy atom. The number of hydrogen-bond donors (Lipinski definition) is 0. The van der Waals surface area contributed by atoms with Crippen molar-refractivity contribution in [2.24, 2.45) is 11.8 Å². The van der Waals surface area contributed by atoms with Gasteiger partial charge in [-0.2, -0.15) is 13.2 Å². The Kier molecular flexibility index (Phi) is 8.52. The monoisotopic (exact) mass is 501 g/mol. The highest BCUT2D eigenvalue weighted by molar-refractivity contribution is 6.39. The topological polar surface area (TPSA) is 80.8 Å². The first kappa shape index (κ1) is 26.3. The maximum atomic E-state index is 13.8. The average molecular weight is 502 g/mol. The number of carbonyl (C=O) groups excluding carboxylic acids is 4. The minimum atomic E-state index is -4.82. The normalized spacial score (nSPS) is 22.1. The summed E-state index contributed by atoms with van der Waals surface area (Å²) >= 11 is 6.34.